The molecule has 0 atom stereocenters. The molecule has 146 valence electrons. The van der Waals surface area contributed by atoms with E-state index in [0.717, 1.165) is 5.56 Å². The zero-order valence-corrected chi connectivity index (χ0v) is 16.3. The van der Waals surface area contributed by atoms with Gasteiger partial charge in [0.05, 0.1) is 35.5 Å². The standard InChI is InChI=1S/C20H25NO6/c1-23-15-10-14(11-16(12-15)24-2)20(22)21-7-6-13-8-17(25-3)19(27-5)18(9-13)26-4/h8-12H,6-7H2,1-5H3,(H,21,22). The first kappa shape index (κ1) is 20.2. The Kier molecular flexibility index (Phi) is 7.16. The lowest BCUT2D eigenvalue weighted by Crippen LogP contribution is -2.25. The van der Waals surface area contributed by atoms with Crippen LogP contribution < -0.4 is 29.0 Å². The highest BCUT2D eigenvalue weighted by molar-refractivity contribution is 5.95. The molecule has 0 fully saturated rings. The molecule has 0 saturated carbocycles. The summed E-state index contributed by atoms with van der Waals surface area (Å²) >= 11 is 0. The van der Waals surface area contributed by atoms with Crippen molar-refractivity contribution < 1.29 is 28.5 Å². The number of ether oxygens (including phenoxy) is 5. The van der Waals surface area contributed by atoms with Gasteiger partial charge in [-0.05, 0) is 36.2 Å². The summed E-state index contributed by atoms with van der Waals surface area (Å²) in [5.41, 5.74) is 1.42. The second-order valence-electron chi connectivity index (χ2n) is 5.64. The van der Waals surface area contributed by atoms with Crippen LogP contribution in [0.15, 0.2) is 30.3 Å². The average Bonchev–Trinajstić information content (AvgIpc) is 2.72. The Morgan fingerprint density at radius 3 is 1.78 bits per heavy atom. The smallest absolute Gasteiger partial charge is 0.251 e. The summed E-state index contributed by atoms with van der Waals surface area (Å²) in [6.07, 6.45) is 0.601. The van der Waals surface area contributed by atoms with Crippen molar-refractivity contribution in [1.29, 1.82) is 0 Å². The zero-order chi connectivity index (χ0) is 19.8. The van der Waals surface area contributed by atoms with Crippen molar-refractivity contribution in [3.63, 3.8) is 0 Å². The van der Waals surface area contributed by atoms with Gasteiger partial charge >= 0.3 is 0 Å². The average molecular weight is 375 g/mol. The Labute approximate surface area is 159 Å². The van der Waals surface area contributed by atoms with E-state index in [1.807, 2.05) is 12.1 Å². The molecular weight excluding hydrogens is 350 g/mol. The SMILES string of the molecule is COc1cc(OC)cc(C(=O)NCCc2cc(OC)c(OC)c(OC)c2)c1. The molecule has 1 amide bonds. The Balaban J connectivity index is 2.07. The van der Waals surface area contributed by atoms with E-state index in [-0.39, 0.29) is 5.91 Å². The lowest BCUT2D eigenvalue weighted by molar-refractivity contribution is 0.0953. The van der Waals surface area contributed by atoms with Crippen LogP contribution in [-0.4, -0.2) is 48.0 Å². The van der Waals surface area contributed by atoms with Gasteiger partial charge in [-0.15, -0.1) is 0 Å². The van der Waals surface area contributed by atoms with E-state index in [1.165, 1.54) is 0 Å². The Morgan fingerprint density at radius 1 is 0.778 bits per heavy atom. The summed E-state index contributed by atoms with van der Waals surface area (Å²) in [6.45, 7) is 0.441. The molecule has 0 heterocycles. The van der Waals surface area contributed by atoms with Crippen LogP contribution in [0.2, 0.25) is 0 Å². The van der Waals surface area contributed by atoms with Crippen LogP contribution in [0, 0.1) is 0 Å². The lowest BCUT2D eigenvalue weighted by Gasteiger charge is -2.14. The highest BCUT2D eigenvalue weighted by atomic mass is 16.5. The fourth-order valence-corrected chi connectivity index (χ4v) is 2.64. The molecule has 0 unspecified atom stereocenters. The number of nitrogens with one attached hydrogen (secondary N) is 1. The zero-order valence-electron chi connectivity index (χ0n) is 16.3. The number of methoxy groups -OCH3 is 5. The van der Waals surface area contributed by atoms with Crippen LogP contribution in [0.5, 0.6) is 28.7 Å². The monoisotopic (exact) mass is 375 g/mol. The van der Waals surface area contributed by atoms with Gasteiger partial charge in [-0.25, -0.2) is 0 Å². The Hall–Kier alpha value is -3.09. The highest BCUT2D eigenvalue weighted by Crippen LogP contribution is 2.38. The van der Waals surface area contributed by atoms with Gasteiger partial charge in [-0.2, -0.15) is 0 Å². The molecule has 0 aliphatic heterocycles. The summed E-state index contributed by atoms with van der Waals surface area (Å²) in [5.74, 6) is 2.61. The third-order valence-corrected chi connectivity index (χ3v) is 4.04. The fraction of sp³-hybridized carbons (Fsp3) is 0.350. The first-order valence-electron chi connectivity index (χ1n) is 8.36. The molecule has 2 aromatic carbocycles. The molecule has 0 spiro atoms. The molecule has 0 aliphatic rings. The molecular formula is C20H25NO6. The number of amides is 1. The van der Waals surface area contributed by atoms with E-state index in [2.05, 4.69) is 5.32 Å². The molecule has 0 radical (unpaired) electrons. The van der Waals surface area contributed by atoms with Gasteiger partial charge in [0.1, 0.15) is 11.5 Å². The summed E-state index contributed by atoms with van der Waals surface area (Å²) < 4.78 is 26.4. The second-order valence-corrected chi connectivity index (χ2v) is 5.64. The van der Waals surface area contributed by atoms with Gasteiger partial charge in [-0.1, -0.05) is 0 Å². The number of benzene rings is 2. The van der Waals surface area contributed by atoms with Crippen LogP contribution in [-0.2, 0) is 6.42 Å². The molecule has 1 N–H and O–H groups in total. The Morgan fingerprint density at radius 2 is 1.33 bits per heavy atom. The first-order valence-corrected chi connectivity index (χ1v) is 8.36. The number of hydrogen-bond acceptors (Lipinski definition) is 6. The van der Waals surface area contributed by atoms with E-state index in [9.17, 15) is 4.79 Å². The maximum atomic E-state index is 12.4. The molecule has 0 saturated heterocycles. The van der Waals surface area contributed by atoms with Crippen molar-refractivity contribution in [1.82, 2.24) is 5.32 Å². The minimum Gasteiger partial charge on any atom is -0.497 e. The van der Waals surface area contributed by atoms with Gasteiger partial charge in [0.25, 0.3) is 5.91 Å². The number of rotatable bonds is 9. The minimum atomic E-state index is -0.209. The first-order chi connectivity index (χ1) is 13.1. The number of carbonyl (C=O) groups is 1. The van der Waals surface area contributed by atoms with Crippen molar-refractivity contribution in [2.24, 2.45) is 0 Å². The van der Waals surface area contributed by atoms with Gasteiger partial charge < -0.3 is 29.0 Å². The molecule has 7 nitrogen and oxygen atoms in total. The molecule has 0 aromatic heterocycles. The van der Waals surface area contributed by atoms with Crippen LogP contribution in [0.4, 0.5) is 0 Å². The van der Waals surface area contributed by atoms with E-state index < -0.39 is 0 Å². The van der Waals surface area contributed by atoms with Gasteiger partial charge in [0, 0.05) is 18.2 Å². The number of hydrogen-bond donors (Lipinski definition) is 1. The van der Waals surface area contributed by atoms with Crippen molar-refractivity contribution in [3.05, 3.63) is 41.5 Å². The third-order valence-electron chi connectivity index (χ3n) is 4.04. The summed E-state index contributed by atoms with van der Waals surface area (Å²) in [7, 11) is 7.78. The summed E-state index contributed by atoms with van der Waals surface area (Å²) in [5, 5.41) is 2.89. The lowest BCUT2D eigenvalue weighted by atomic mass is 10.1. The van der Waals surface area contributed by atoms with E-state index in [0.29, 0.717) is 47.3 Å². The van der Waals surface area contributed by atoms with Crippen LogP contribution >= 0.6 is 0 Å². The Bertz CT molecular complexity index is 743. The van der Waals surface area contributed by atoms with Crippen molar-refractivity contribution in [3.8, 4) is 28.7 Å². The van der Waals surface area contributed by atoms with Crippen molar-refractivity contribution >= 4 is 5.91 Å². The quantitative estimate of drug-likeness (QED) is 0.726. The van der Waals surface area contributed by atoms with Crippen LogP contribution in [0.1, 0.15) is 15.9 Å². The third kappa shape index (κ3) is 4.97. The topological polar surface area (TPSA) is 75.3 Å². The minimum absolute atomic E-state index is 0.209. The molecule has 27 heavy (non-hydrogen) atoms. The van der Waals surface area contributed by atoms with Crippen LogP contribution in [0.3, 0.4) is 0 Å². The van der Waals surface area contributed by atoms with Gasteiger partial charge in [0.2, 0.25) is 5.75 Å². The van der Waals surface area contributed by atoms with Gasteiger partial charge in [0.15, 0.2) is 11.5 Å². The van der Waals surface area contributed by atoms with Crippen LogP contribution in [0.25, 0.3) is 0 Å². The molecule has 0 bridgehead atoms. The molecule has 0 aliphatic carbocycles. The molecule has 2 aromatic rings. The predicted octanol–water partition coefficient (Wildman–Crippen LogP) is 2.70. The predicted molar refractivity (Wildman–Crippen MR) is 102 cm³/mol. The van der Waals surface area contributed by atoms with Gasteiger partial charge in [-0.3, -0.25) is 4.79 Å². The largest absolute Gasteiger partial charge is 0.497 e. The summed E-state index contributed by atoms with van der Waals surface area (Å²) in [4.78, 5) is 12.4. The van der Waals surface area contributed by atoms with E-state index in [4.69, 9.17) is 23.7 Å². The molecule has 7 heteroatoms. The fourth-order valence-electron chi connectivity index (χ4n) is 2.64. The number of carbonyl (C=O) groups excluding carboxylic acids is 1. The van der Waals surface area contributed by atoms with Crippen molar-refractivity contribution in [2.45, 2.75) is 6.42 Å². The van der Waals surface area contributed by atoms with E-state index >= 15 is 0 Å². The maximum Gasteiger partial charge on any atom is 0.251 e. The van der Waals surface area contributed by atoms with E-state index in [1.54, 1.807) is 53.7 Å². The highest BCUT2D eigenvalue weighted by Gasteiger charge is 2.14. The maximum absolute atomic E-state index is 12.4. The normalized spacial score (nSPS) is 10.1. The molecule has 2 rings (SSSR count). The summed E-state index contributed by atoms with van der Waals surface area (Å²) in [6, 6.07) is 8.77. The second kappa shape index (κ2) is 9.56. The van der Waals surface area contributed by atoms with Crippen molar-refractivity contribution in [2.75, 3.05) is 42.1 Å².